The lowest BCUT2D eigenvalue weighted by Crippen LogP contribution is -2.30. The Morgan fingerprint density at radius 3 is 2.13 bits per heavy atom. The predicted molar refractivity (Wildman–Crippen MR) is 153 cm³/mol. The molecule has 4 nitrogen and oxygen atoms in total. The van der Waals surface area contributed by atoms with E-state index in [9.17, 15) is 0 Å². The van der Waals surface area contributed by atoms with Gasteiger partial charge in [0, 0.05) is 11.1 Å². The second-order valence-electron chi connectivity index (χ2n) is 9.61. The first kappa shape index (κ1) is 22.3. The summed E-state index contributed by atoms with van der Waals surface area (Å²) in [6, 6.07) is 42.1. The molecule has 182 valence electrons. The van der Waals surface area contributed by atoms with Gasteiger partial charge in [-0.15, -0.1) is 0 Å². The largest absolute Gasteiger partial charge is 0.436 e. The van der Waals surface area contributed by atoms with Gasteiger partial charge in [-0.3, -0.25) is 0 Å². The van der Waals surface area contributed by atoms with E-state index in [0.717, 1.165) is 50.3 Å². The van der Waals surface area contributed by atoms with E-state index < -0.39 is 0 Å². The summed E-state index contributed by atoms with van der Waals surface area (Å²) in [5.41, 5.74) is 10.7. The van der Waals surface area contributed by atoms with E-state index in [-0.39, 0.29) is 0 Å². The smallest absolute Gasteiger partial charge is 0.295 e. The third-order valence-electron chi connectivity index (χ3n) is 7.24. The summed E-state index contributed by atoms with van der Waals surface area (Å²) in [4.78, 5) is 4.88. The molecule has 0 aliphatic heterocycles. The highest BCUT2D eigenvalue weighted by molar-refractivity contribution is 5.87. The summed E-state index contributed by atoms with van der Waals surface area (Å²) in [6.45, 7) is 2.14. The van der Waals surface area contributed by atoms with Gasteiger partial charge in [0.1, 0.15) is 11.2 Å². The Hall–Kier alpha value is -4.96. The van der Waals surface area contributed by atoms with Crippen LogP contribution >= 0.6 is 0 Å². The Morgan fingerprint density at radius 2 is 1.34 bits per heavy atom. The zero-order chi connectivity index (χ0) is 25.6. The van der Waals surface area contributed by atoms with Gasteiger partial charge in [0.15, 0.2) is 16.6 Å². The van der Waals surface area contributed by atoms with Crippen LogP contribution in [0.3, 0.4) is 0 Å². The number of rotatable bonds is 4. The van der Waals surface area contributed by atoms with E-state index in [1.54, 1.807) is 0 Å². The third-order valence-corrected chi connectivity index (χ3v) is 7.24. The Bertz CT molecular complexity index is 1930. The topological polar surface area (TPSA) is 34.8 Å². The Kier molecular flexibility index (Phi) is 5.19. The van der Waals surface area contributed by atoms with Crippen molar-refractivity contribution in [1.29, 1.82) is 0 Å². The Labute approximate surface area is 221 Å². The molecule has 2 heterocycles. The van der Waals surface area contributed by atoms with Crippen LogP contribution in [-0.2, 0) is 7.05 Å². The lowest BCUT2D eigenvalue weighted by Gasteiger charge is -2.11. The lowest BCUT2D eigenvalue weighted by atomic mass is 10.0. The van der Waals surface area contributed by atoms with Crippen molar-refractivity contribution >= 4 is 22.1 Å². The number of para-hydroxylation sites is 3. The number of fused-ring (bicyclic) bond motifs is 2. The molecule has 0 spiro atoms. The van der Waals surface area contributed by atoms with E-state index in [0.29, 0.717) is 5.89 Å². The van der Waals surface area contributed by atoms with Gasteiger partial charge in [-0.25, -0.2) is 9.55 Å². The average molecular weight is 493 g/mol. The highest BCUT2D eigenvalue weighted by atomic mass is 16.3. The van der Waals surface area contributed by atoms with Crippen LogP contribution in [0, 0.1) is 6.92 Å². The fourth-order valence-corrected chi connectivity index (χ4v) is 5.41. The summed E-state index contributed by atoms with van der Waals surface area (Å²) in [7, 11) is 2.14. The molecule has 5 aromatic carbocycles. The standard InChI is InChI=1S/C34H26N3O/c1-23-21-32-28(35-33(38-32)25-15-7-4-8-16-25)22-27(23)34-36(2)30-19-11-12-20-31(30)37(34)29-18-10-9-17-26(29)24-13-5-3-6-14-24/h3-22H,1-2H3/q+1. The molecule has 0 unspecified atom stereocenters. The van der Waals surface area contributed by atoms with E-state index in [2.05, 4.69) is 114 Å². The fourth-order valence-electron chi connectivity index (χ4n) is 5.41. The van der Waals surface area contributed by atoms with Crippen molar-refractivity contribution in [2.45, 2.75) is 6.92 Å². The van der Waals surface area contributed by atoms with Crippen molar-refractivity contribution in [3.8, 4) is 39.7 Å². The molecule has 7 aromatic rings. The molecule has 0 bridgehead atoms. The first-order chi connectivity index (χ1) is 18.7. The summed E-state index contributed by atoms with van der Waals surface area (Å²) < 4.78 is 10.8. The van der Waals surface area contributed by atoms with Gasteiger partial charge >= 0.3 is 0 Å². The zero-order valence-corrected chi connectivity index (χ0v) is 21.3. The monoisotopic (exact) mass is 492 g/mol. The van der Waals surface area contributed by atoms with Gasteiger partial charge in [-0.2, -0.15) is 4.57 Å². The molecule has 0 aliphatic carbocycles. The molecule has 0 fully saturated rings. The van der Waals surface area contributed by atoms with Crippen molar-refractivity contribution < 1.29 is 8.98 Å². The summed E-state index contributed by atoms with van der Waals surface area (Å²) in [5.74, 6) is 1.73. The number of nitrogens with zero attached hydrogens (tertiary/aromatic N) is 3. The van der Waals surface area contributed by atoms with Crippen molar-refractivity contribution in [3.05, 3.63) is 127 Å². The second-order valence-corrected chi connectivity index (χ2v) is 9.61. The van der Waals surface area contributed by atoms with Gasteiger partial charge in [-0.1, -0.05) is 78.9 Å². The third kappa shape index (κ3) is 3.53. The molecule has 2 aromatic heterocycles. The summed E-state index contributed by atoms with van der Waals surface area (Å²) in [5, 5.41) is 0. The quantitative estimate of drug-likeness (QED) is 0.234. The van der Waals surface area contributed by atoms with Gasteiger partial charge < -0.3 is 4.42 Å². The van der Waals surface area contributed by atoms with E-state index in [1.807, 2.05) is 30.3 Å². The Balaban J connectivity index is 1.51. The van der Waals surface area contributed by atoms with E-state index >= 15 is 0 Å². The summed E-state index contributed by atoms with van der Waals surface area (Å²) in [6.07, 6.45) is 0. The van der Waals surface area contributed by atoms with Crippen LogP contribution in [0.15, 0.2) is 126 Å². The molecule has 0 N–H and O–H groups in total. The maximum atomic E-state index is 6.18. The lowest BCUT2D eigenvalue weighted by molar-refractivity contribution is -0.633. The summed E-state index contributed by atoms with van der Waals surface area (Å²) >= 11 is 0. The van der Waals surface area contributed by atoms with Gasteiger partial charge in [0.05, 0.1) is 12.6 Å². The molecule has 0 atom stereocenters. The number of aryl methyl sites for hydroxylation is 2. The SMILES string of the molecule is Cc1cc2oc(-c3ccccc3)nc2cc1-c1n(-c2ccccc2-c2ccccc2)c2ccccc2[n+]1C. The Morgan fingerprint density at radius 1 is 0.684 bits per heavy atom. The van der Waals surface area contributed by atoms with E-state index in [1.165, 1.54) is 11.1 Å². The van der Waals surface area contributed by atoms with Crippen LogP contribution < -0.4 is 4.57 Å². The molecule has 7 rings (SSSR count). The molecular weight excluding hydrogens is 466 g/mol. The minimum Gasteiger partial charge on any atom is -0.436 e. The molecule has 4 heteroatoms. The maximum Gasteiger partial charge on any atom is 0.295 e. The molecule has 0 radical (unpaired) electrons. The predicted octanol–water partition coefficient (Wildman–Crippen LogP) is 7.91. The van der Waals surface area contributed by atoms with Gasteiger partial charge in [0.2, 0.25) is 5.89 Å². The van der Waals surface area contributed by atoms with Crippen LogP contribution in [0.1, 0.15) is 5.56 Å². The maximum absolute atomic E-state index is 6.18. The number of imidazole rings is 1. The van der Waals surface area contributed by atoms with Crippen LogP contribution in [0.4, 0.5) is 0 Å². The average Bonchev–Trinajstić information content (AvgIpc) is 3.52. The van der Waals surface area contributed by atoms with Gasteiger partial charge in [0.25, 0.3) is 5.82 Å². The number of hydrogen-bond acceptors (Lipinski definition) is 2. The first-order valence-corrected chi connectivity index (χ1v) is 12.8. The van der Waals surface area contributed by atoms with Crippen molar-refractivity contribution in [2.75, 3.05) is 0 Å². The van der Waals surface area contributed by atoms with Crippen LogP contribution in [0.2, 0.25) is 0 Å². The van der Waals surface area contributed by atoms with Gasteiger partial charge in [-0.05, 0) is 60.5 Å². The highest BCUT2D eigenvalue weighted by Crippen LogP contribution is 2.36. The molecule has 0 amide bonds. The molecule has 0 saturated carbocycles. The minimum absolute atomic E-state index is 0.636. The molecular formula is C34H26N3O+. The molecule has 0 aliphatic rings. The number of hydrogen-bond donors (Lipinski definition) is 0. The van der Waals surface area contributed by atoms with Crippen LogP contribution in [0.25, 0.3) is 61.8 Å². The van der Waals surface area contributed by atoms with Crippen LogP contribution in [0.5, 0.6) is 0 Å². The van der Waals surface area contributed by atoms with Crippen molar-refractivity contribution in [3.63, 3.8) is 0 Å². The van der Waals surface area contributed by atoms with E-state index in [4.69, 9.17) is 9.40 Å². The second kappa shape index (κ2) is 8.86. The van der Waals surface area contributed by atoms with Crippen LogP contribution in [-0.4, -0.2) is 9.55 Å². The molecule has 38 heavy (non-hydrogen) atoms. The minimum atomic E-state index is 0.636. The zero-order valence-electron chi connectivity index (χ0n) is 21.3. The first-order valence-electron chi connectivity index (χ1n) is 12.8. The fraction of sp³-hybridized carbons (Fsp3) is 0.0588. The normalized spacial score (nSPS) is 11.4. The number of aromatic nitrogens is 3. The van der Waals surface area contributed by atoms with Crippen molar-refractivity contribution in [2.24, 2.45) is 7.05 Å². The van der Waals surface area contributed by atoms with Crippen molar-refractivity contribution in [1.82, 2.24) is 9.55 Å². The number of benzene rings is 5. The number of oxazole rings is 1. The highest BCUT2D eigenvalue weighted by Gasteiger charge is 2.29. The molecule has 0 saturated heterocycles.